The number of rotatable bonds is 3. The highest BCUT2D eigenvalue weighted by Crippen LogP contribution is 2.20. The van der Waals surface area contributed by atoms with E-state index >= 15 is 0 Å². The zero-order valence-corrected chi connectivity index (χ0v) is 16.8. The van der Waals surface area contributed by atoms with Crippen LogP contribution < -0.4 is 5.32 Å². The van der Waals surface area contributed by atoms with Crippen LogP contribution in [-0.4, -0.2) is 30.1 Å². The van der Waals surface area contributed by atoms with Crippen molar-refractivity contribution in [1.29, 1.82) is 0 Å². The van der Waals surface area contributed by atoms with Gasteiger partial charge in [-0.1, -0.05) is 42.5 Å². The summed E-state index contributed by atoms with van der Waals surface area (Å²) in [5, 5.41) is 2.92. The number of hydrogen-bond donors (Lipinski definition) is 1. The van der Waals surface area contributed by atoms with Gasteiger partial charge in [0.1, 0.15) is 12.2 Å². The number of carbonyl (C=O) groups excluding carboxylic acids is 3. The first-order valence-electron chi connectivity index (χ1n) is 9.62. The van der Waals surface area contributed by atoms with Crippen LogP contribution in [0.5, 0.6) is 0 Å². The number of ether oxygens (including phenoxy) is 2. The van der Waals surface area contributed by atoms with Gasteiger partial charge in [0.05, 0.1) is 18.4 Å². The second kappa shape index (κ2) is 10.1. The highest BCUT2D eigenvalue weighted by Gasteiger charge is 2.27. The average Bonchev–Trinajstić information content (AvgIpc) is 2.62. The van der Waals surface area contributed by atoms with Crippen molar-refractivity contribution in [2.75, 3.05) is 6.61 Å². The molecular weight excluding hydrogens is 358 g/mol. The SMILES string of the molecule is CC(C)(C)OC(=O)C[C@@H]1CC=CCCC(=O)NC(c2ccccc2)COC1=O. The highest BCUT2D eigenvalue weighted by atomic mass is 16.6. The van der Waals surface area contributed by atoms with E-state index in [9.17, 15) is 14.4 Å². The van der Waals surface area contributed by atoms with Gasteiger partial charge in [0, 0.05) is 6.42 Å². The van der Waals surface area contributed by atoms with E-state index in [0.717, 1.165) is 5.56 Å². The Bertz CT molecular complexity index is 705. The van der Waals surface area contributed by atoms with Crippen LogP contribution in [0.1, 0.15) is 58.1 Å². The monoisotopic (exact) mass is 387 g/mol. The lowest BCUT2D eigenvalue weighted by Crippen LogP contribution is -2.34. The molecule has 1 heterocycles. The van der Waals surface area contributed by atoms with Gasteiger partial charge in [-0.2, -0.15) is 0 Å². The Morgan fingerprint density at radius 3 is 2.57 bits per heavy atom. The van der Waals surface area contributed by atoms with Crippen LogP contribution in [0.25, 0.3) is 0 Å². The number of esters is 2. The summed E-state index contributed by atoms with van der Waals surface area (Å²) in [5.74, 6) is -1.60. The van der Waals surface area contributed by atoms with Gasteiger partial charge in [-0.15, -0.1) is 0 Å². The average molecular weight is 387 g/mol. The van der Waals surface area contributed by atoms with Crippen LogP contribution in [0.2, 0.25) is 0 Å². The molecule has 1 unspecified atom stereocenters. The molecule has 1 aromatic rings. The highest BCUT2D eigenvalue weighted by molar-refractivity contribution is 5.80. The Kier molecular flexibility index (Phi) is 7.79. The standard InChI is InChI=1S/C22H29NO5/c1-22(2,3)28-20(25)14-17-12-8-5-9-13-19(24)23-18(15-27-21(17)26)16-10-6-4-7-11-16/h4-8,10-11,17-18H,9,12-15H2,1-3H3,(H,23,24)/t17-,18?/m0/s1. The van der Waals surface area contributed by atoms with Crippen molar-refractivity contribution in [3.05, 3.63) is 48.0 Å². The zero-order valence-electron chi connectivity index (χ0n) is 16.8. The molecule has 0 radical (unpaired) electrons. The van der Waals surface area contributed by atoms with Gasteiger partial charge < -0.3 is 14.8 Å². The lowest BCUT2D eigenvalue weighted by Gasteiger charge is -2.23. The fraction of sp³-hybridized carbons (Fsp3) is 0.500. The molecule has 6 nitrogen and oxygen atoms in total. The lowest BCUT2D eigenvalue weighted by molar-refractivity contribution is -0.161. The van der Waals surface area contributed by atoms with E-state index in [1.165, 1.54) is 0 Å². The summed E-state index contributed by atoms with van der Waals surface area (Å²) < 4.78 is 10.8. The molecule has 1 aliphatic rings. The predicted octanol–water partition coefficient (Wildman–Crippen LogP) is 3.48. The topological polar surface area (TPSA) is 81.7 Å². The van der Waals surface area contributed by atoms with Crippen molar-refractivity contribution < 1.29 is 23.9 Å². The van der Waals surface area contributed by atoms with E-state index in [4.69, 9.17) is 9.47 Å². The molecule has 0 aromatic heterocycles. The van der Waals surface area contributed by atoms with Gasteiger partial charge in [-0.3, -0.25) is 14.4 Å². The van der Waals surface area contributed by atoms with Crippen LogP contribution in [0, 0.1) is 5.92 Å². The van der Waals surface area contributed by atoms with E-state index in [0.29, 0.717) is 19.3 Å². The maximum Gasteiger partial charge on any atom is 0.309 e. The zero-order chi connectivity index (χ0) is 20.6. The van der Waals surface area contributed by atoms with Crippen molar-refractivity contribution in [2.24, 2.45) is 5.92 Å². The van der Waals surface area contributed by atoms with E-state index in [2.05, 4.69) is 5.32 Å². The van der Waals surface area contributed by atoms with Crippen molar-refractivity contribution >= 4 is 17.8 Å². The molecule has 0 bridgehead atoms. The molecule has 0 spiro atoms. The summed E-state index contributed by atoms with van der Waals surface area (Å²) in [6.07, 6.45) is 4.93. The summed E-state index contributed by atoms with van der Waals surface area (Å²) in [6, 6.07) is 8.95. The molecule has 0 saturated carbocycles. The van der Waals surface area contributed by atoms with Crippen LogP contribution in [0.3, 0.4) is 0 Å². The fourth-order valence-electron chi connectivity index (χ4n) is 2.90. The second-order valence-corrected chi connectivity index (χ2v) is 7.89. The van der Waals surface area contributed by atoms with Crippen molar-refractivity contribution in [3.8, 4) is 0 Å². The van der Waals surface area contributed by atoms with E-state index in [-0.39, 0.29) is 18.9 Å². The minimum absolute atomic E-state index is 0.0170. The van der Waals surface area contributed by atoms with Crippen LogP contribution >= 0.6 is 0 Å². The molecule has 152 valence electrons. The van der Waals surface area contributed by atoms with Gasteiger partial charge in [0.15, 0.2) is 0 Å². The number of carbonyl (C=O) groups is 3. The quantitative estimate of drug-likeness (QED) is 0.634. The molecule has 2 rings (SSSR count). The Hall–Kier alpha value is -2.63. The molecule has 1 N–H and O–H groups in total. The van der Waals surface area contributed by atoms with Crippen molar-refractivity contribution in [3.63, 3.8) is 0 Å². The van der Waals surface area contributed by atoms with E-state index < -0.39 is 29.5 Å². The molecule has 1 amide bonds. The number of amides is 1. The van der Waals surface area contributed by atoms with Gasteiger partial charge in [-0.25, -0.2) is 0 Å². The molecule has 0 fully saturated rings. The molecule has 0 aliphatic carbocycles. The normalized spacial score (nSPS) is 21.7. The number of nitrogens with one attached hydrogen (secondary N) is 1. The number of hydrogen-bond acceptors (Lipinski definition) is 5. The van der Waals surface area contributed by atoms with E-state index in [1.54, 1.807) is 20.8 Å². The summed E-state index contributed by atoms with van der Waals surface area (Å²) in [4.78, 5) is 36.9. The molecule has 1 aliphatic heterocycles. The van der Waals surface area contributed by atoms with Crippen LogP contribution in [0.4, 0.5) is 0 Å². The maximum atomic E-state index is 12.6. The third-order valence-corrected chi connectivity index (χ3v) is 4.22. The van der Waals surface area contributed by atoms with Gasteiger partial charge >= 0.3 is 11.9 Å². The number of allylic oxidation sites excluding steroid dienone is 2. The Balaban J connectivity index is 2.11. The molecule has 6 heteroatoms. The molecule has 2 atom stereocenters. The first-order valence-corrected chi connectivity index (χ1v) is 9.62. The lowest BCUT2D eigenvalue weighted by atomic mass is 10.00. The molecule has 0 saturated heterocycles. The fourth-order valence-corrected chi connectivity index (χ4v) is 2.90. The van der Waals surface area contributed by atoms with Gasteiger partial charge in [0.2, 0.25) is 5.91 Å². The summed E-state index contributed by atoms with van der Waals surface area (Å²) in [5.41, 5.74) is 0.255. The van der Waals surface area contributed by atoms with Crippen LogP contribution in [-0.2, 0) is 23.9 Å². The van der Waals surface area contributed by atoms with Gasteiger partial charge in [0.25, 0.3) is 0 Å². The Labute approximate surface area is 166 Å². The Morgan fingerprint density at radius 1 is 1.18 bits per heavy atom. The summed E-state index contributed by atoms with van der Waals surface area (Å²) >= 11 is 0. The Morgan fingerprint density at radius 2 is 1.89 bits per heavy atom. The summed E-state index contributed by atoms with van der Waals surface area (Å²) in [6.45, 7) is 5.38. The van der Waals surface area contributed by atoms with Gasteiger partial charge in [-0.05, 0) is 39.2 Å². The molecule has 28 heavy (non-hydrogen) atoms. The minimum Gasteiger partial charge on any atom is -0.463 e. The van der Waals surface area contributed by atoms with Crippen molar-refractivity contribution in [2.45, 2.75) is 58.1 Å². The number of cyclic esters (lactones) is 1. The predicted molar refractivity (Wildman–Crippen MR) is 105 cm³/mol. The second-order valence-electron chi connectivity index (χ2n) is 7.89. The van der Waals surface area contributed by atoms with Crippen molar-refractivity contribution in [1.82, 2.24) is 5.32 Å². The first kappa shape index (κ1) is 21.7. The molecular formula is C22H29NO5. The molecule has 1 aromatic carbocycles. The third kappa shape index (κ3) is 7.55. The maximum absolute atomic E-state index is 12.6. The third-order valence-electron chi connectivity index (χ3n) is 4.22. The number of benzene rings is 1. The largest absolute Gasteiger partial charge is 0.463 e. The van der Waals surface area contributed by atoms with E-state index in [1.807, 2.05) is 42.5 Å². The summed E-state index contributed by atoms with van der Waals surface area (Å²) in [7, 11) is 0. The first-order chi connectivity index (χ1) is 13.2. The minimum atomic E-state index is -0.613. The smallest absolute Gasteiger partial charge is 0.309 e. The van der Waals surface area contributed by atoms with Crippen LogP contribution in [0.15, 0.2) is 42.5 Å².